The molecule has 0 atom stereocenters. The zero-order valence-electron chi connectivity index (χ0n) is 12.4. The summed E-state index contributed by atoms with van der Waals surface area (Å²) in [5.74, 6) is -0.0605. The molecule has 1 rings (SSSR count). The molecule has 0 aliphatic heterocycles. The minimum absolute atomic E-state index is 0.00380. The van der Waals surface area contributed by atoms with Gasteiger partial charge in [0.15, 0.2) is 11.5 Å². The number of aryl methyl sites for hydroxylation is 1. The van der Waals surface area contributed by atoms with E-state index in [2.05, 4.69) is 36.6 Å². The molecule has 0 radical (unpaired) electrons. The van der Waals surface area contributed by atoms with Gasteiger partial charge in [-0.05, 0) is 30.9 Å². The van der Waals surface area contributed by atoms with Crippen molar-refractivity contribution in [3.63, 3.8) is 0 Å². The quantitative estimate of drug-likeness (QED) is 0.209. The third-order valence-corrected chi connectivity index (χ3v) is 4.31. The Morgan fingerprint density at radius 2 is 1.73 bits per heavy atom. The summed E-state index contributed by atoms with van der Waals surface area (Å²) in [5, 5.41) is 18.6. The van der Waals surface area contributed by atoms with Crippen LogP contribution >= 0.6 is 31.9 Å². The number of para-hydroxylation sites is 1. The molecule has 1 aromatic carbocycles. The topological polar surface area (TPSA) is 66.8 Å². The van der Waals surface area contributed by atoms with Crippen molar-refractivity contribution in [1.82, 2.24) is 0 Å². The highest BCUT2D eigenvalue weighted by Gasteiger charge is 2.10. The predicted molar refractivity (Wildman–Crippen MR) is 94.4 cm³/mol. The van der Waals surface area contributed by atoms with E-state index in [4.69, 9.17) is 5.11 Å². The largest absolute Gasteiger partial charge is 0.511 e. The van der Waals surface area contributed by atoms with Crippen LogP contribution in [0.4, 0.5) is 4.79 Å². The Labute approximate surface area is 148 Å². The molecule has 124 valence electrons. The number of benzene rings is 1. The Bertz CT molecular complexity index is 463. The van der Waals surface area contributed by atoms with Crippen LogP contribution < -0.4 is 4.74 Å². The summed E-state index contributed by atoms with van der Waals surface area (Å²) in [7, 11) is 0. The van der Waals surface area contributed by atoms with Gasteiger partial charge in [-0.2, -0.15) is 0 Å². The molecule has 0 aliphatic carbocycles. The molecule has 0 heterocycles. The summed E-state index contributed by atoms with van der Waals surface area (Å²) >= 11 is 6.94. The summed E-state index contributed by atoms with van der Waals surface area (Å²) < 4.78 is 4.96. The van der Waals surface area contributed by atoms with Gasteiger partial charge in [0.1, 0.15) is 0 Å². The van der Waals surface area contributed by atoms with E-state index in [0.717, 1.165) is 31.2 Å². The van der Waals surface area contributed by atoms with Crippen molar-refractivity contribution in [3.05, 3.63) is 23.8 Å². The second-order valence-electron chi connectivity index (χ2n) is 5.18. The SMILES string of the molecule is O=C(O)Oc1cccc(CCCCCCCCC(Br)Br)c1O. The van der Waals surface area contributed by atoms with Crippen LogP contribution in [0, 0.1) is 0 Å². The lowest BCUT2D eigenvalue weighted by Gasteiger charge is -2.08. The number of carboxylic acid groups (broad SMARTS) is 1. The smallest absolute Gasteiger partial charge is 0.504 e. The number of hydrogen-bond acceptors (Lipinski definition) is 3. The Hall–Kier alpha value is -0.750. The molecule has 0 spiro atoms. The number of alkyl halides is 2. The van der Waals surface area contributed by atoms with Gasteiger partial charge in [-0.25, -0.2) is 4.79 Å². The number of unbranched alkanes of at least 4 members (excludes halogenated alkanes) is 5. The van der Waals surface area contributed by atoms with Crippen LogP contribution in [0.5, 0.6) is 11.5 Å². The number of rotatable bonds is 10. The molecule has 0 aromatic heterocycles. The highest BCUT2D eigenvalue weighted by molar-refractivity contribution is 9.24. The maximum Gasteiger partial charge on any atom is 0.511 e. The summed E-state index contributed by atoms with van der Waals surface area (Å²) in [5.41, 5.74) is 0.736. The van der Waals surface area contributed by atoms with E-state index in [1.54, 1.807) is 12.1 Å². The molecule has 0 saturated carbocycles. The van der Waals surface area contributed by atoms with E-state index in [0.29, 0.717) is 3.74 Å². The van der Waals surface area contributed by atoms with E-state index >= 15 is 0 Å². The van der Waals surface area contributed by atoms with Gasteiger partial charge in [0, 0.05) is 0 Å². The maximum atomic E-state index is 10.5. The molecule has 0 bridgehead atoms. The van der Waals surface area contributed by atoms with Gasteiger partial charge in [0.25, 0.3) is 0 Å². The first-order chi connectivity index (χ1) is 10.5. The van der Waals surface area contributed by atoms with Crippen LogP contribution in [0.2, 0.25) is 0 Å². The molecule has 22 heavy (non-hydrogen) atoms. The second kappa shape index (κ2) is 10.9. The molecule has 0 saturated heterocycles. The number of carbonyl (C=O) groups is 1. The van der Waals surface area contributed by atoms with Gasteiger partial charge in [-0.3, -0.25) is 0 Å². The Balaban J connectivity index is 2.23. The third kappa shape index (κ3) is 8.03. The summed E-state index contributed by atoms with van der Waals surface area (Å²) in [6.45, 7) is 0. The average Bonchev–Trinajstić information content (AvgIpc) is 2.44. The lowest BCUT2D eigenvalue weighted by Crippen LogP contribution is -2.03. The van der Waals surface area contributed by atoms with Gasteiger partial charge in [0.05, 0.1) is 3.74 Å². The lowest BCUT2D eigenvalue weighted by molar-refractivity contribution is 0.143. The van der Waals surface area contributed by atoms with Crippen LogP contribution in [0.3, 0.4) is 0 Å². The highest BCUT2D eigenvalue weighted by Crippen LogP contribution is 2.31. The Morgan fingerprint density at radius 1 is 1.09 bits per heavy atom. The van der Waals surface area contributed by atoms with Gasteiger partial charge >= 0.3 is 6.16 Å². The van der Waals surface area contributed by atoms with E-state index < -0.39 is 6.16 Å². The number of ether oxygens (including phenoxy) is 1. The minimum Gasteiger partial charge on any atom is -0.504 e. The Kier molecular flexibility index (Phi) is 9.55. The molecule has 0 unspecified atom stereocenters. The number of hydrogen-bond donors (Lipinski definition) is 2. The zero-order valence-corrected chi connectivity index (χ0v) is 15.6. The Morgan fingerprint density at radius 3 is 2.36 bits per heavy atom. The second-order valence-corrected chi connectivity index (χ2v) is 8.62. The van der Waals surface area contributed by atoms with Crippen LogP contribution in [0.15, 0.2) is 18.2 Å². The van der Waals surface area contributed by atoms with E-state index in [1.165, 1.54) is 31.7 Å². The average molecular weight is 438 g/mol. The zero-order chi connectivity index (χ0) is 16.4. The number of halogens is 2. The van der Waals surface area contributed by atoms with Crippen LogP contribution in [-0.4, -0.2) is 20.1 Å². The molecular formula is C16H22Br2O4. The normalized spacial score (nSPS) is 10.9. The predicted octanol–water partition coefficient (Wildman–Crippen LogP) is 5.84. The molecule has 0 fully saturated rings. The standard InChI is InChI=1S/C16H22Br2O4/c17-14(18)11-6-4-2-1-3-5-8-12-9-7-10-13(15(12)19)22-16(20)21/h7,9-10,14,19H,1-6,8,11H2,(H,20,21). The molecule has 6 heteroatoms. The number of phenolic OH excluding ortho intramolecular Hbond substituents is 1. The summed E-state index contributed by atoms with van der Waals surface area (Å²) in [6, 6.07) is 4.95. The number of aromatic hydroxyl groups is 1. The van der Waals surface area contributed by atoms with Gasteiger partial charge in [-0.1, -0.05) is 76.1 Å². The van der Waals surface area contributed by atoms with Crippen molar-refractivity contribution in [3.8, 4) is 11.5 Å². The molecule has 1 aromatic rings. The third-order valence-electron chi connectivity index (χ3n) is 3.40. The van der Waals surface area contributed by atoms with Crippen LogP contribution in [0.25, 0.3) is 0 Å². The van der Waals surface area contributed by atoms with Gasteiger partial charge in [-0.15, -0.1) is 0 Å². The lowest BCUT2D eigenvalue weighted by atomic mass is 10.0. The first-order valence-electron chi connectivity index (χ1n) is 7.50. The van der Waals surface area contributed by atoms with Crippen molar-refractivity contribution >= 4 is 38.0 Å². The van der Waals surface area contributed by atoms with Gasteiger partial charge < -0.3 is 14.9 Å². The van der Waals surface area contributed by atoms with Crippen molar-refractivity contribution in [2.45, 2.75) is 55.1 Å². The fourth-order valence-electron chi connectivity index (χ4n) is 2.27. The van der Waals surface area contributed by atoms with Crippen LogP contribution in [-0.2, 0) is 6.42 Å². The van der Waals surface area contributed by atoms with Crippen molar-refractivity contribution < 1.29 is 19.7 Å². The first kappa shape index (κ1) is 19.3. The summed E-state index contributed by atoms with van der Waals surface area (Å²) in [6.07, 6.45) is 7.40. The molecule has 4 nitrogen and oxygen atoms in total. The monoisotopic (exact) mass is 436 g/mol. The molecular weight excluding hydrogens is 416 g/mol. The molecule has 2 N–H and O–H groups in total. The van der Waals surface area contributed by atoms with E-state index in [-0.39, 0.29) is 11.5 Å². The highest BCUT2D eigenvalue weighted by atomic mass is 79.9. The van der Waals surface area contributed by atoms with Crippen molar-refractivity contribution in [1.29, 1.82) is 0 Å². The van der Waals surface area contributed by atoms with Crippen molar-refractivity contribution in [2.75, 3.05) is 0 Å². The molecule has 0 amide bonds. The fraction of sp³-hybridized carbons (Fsp3) is 0.562. The fourth-order valence-corrected chi connectivity index (χ4v) is 2.91. The number of phenols is 1. The van der Waals surface area contributed by atoms with Crippen molar-refractivity contribution in [2.24, 2.45) is 0 Å². The molecule has 0 aliphatic rings. The van der Waals surface area contributed by atoms with E-state index in [9.17, 15) is 9.90 Å². The summed E-state index contributed by atoms with van der Waals surface area (Å²) in [4.78, 5) is 10.5. The van der Waals surface area contributed by atoms with E-state index in [1.807, 2.05) is 0 Å². The maximum absolute atomic E-state index is 10.5. The first-order valence-corrected chi connectivity index (χ1v) is 9.33. The minimum atomic E-state index is -1.42. The van der Waals surface area contributed by atoms with Crippen LogP contribution in [0.1, 0.15) is 50.5 Å². The van der Waals surface area contributed by atoms with Gasteiger partial charge in [0.2, 0.25) is 0 Å².